The summed E-state index contributed by atoms with van der Waals surface area (Å²) >= 11 is 4.71. The van der Waals surface area contributed by atoms with Crippen molar-refractivity contribution in [3.05, 3.63) is 29.3 Å². The third-order valence-corrected chi connectivity index (χ3v) is 3.17. The van der Waals surface area contributed by atoms with Gasteiger partial charge in [-0.25, -0.2) is 0 Å². The molecular formula is C11H10BrNOS. The number of hydrogen-bond donors (Lipinski definition) is 0. The molecule has 1 rings (SSSR count). The quantitative estimate of drug-likeness (QED) is 0.486. The molecule has 0 heterocycles. The van der Waals surface area contributed by atoms with Crippen LogP contribution in [0.1, 0.15) is 22.8 Å². The maximum absolute atomic E-state index is 11.9. The molecule has 0 spiro atoms. The summed E-state index contributed by atoms with van der Waals surface area (Å²) in [4.78, 5) is 12.5. The fraction of sp³-hybridized carbons (Fsp3) is 0.273. The highest BCUT2D eigenvalue weighted by Gasteiger charge is 2.19. The van der Waals surface area contributed by atoms with E-state index in [4.69, 9.17) is 5.26 Å². The maximum Gasteiger partial charge on any atom is 0.178 e. The maximum atomic E-state index is 11.9. The Kier molecular flexibility index (Phi) is 4.37. The van der Waals surface area contributed by atoms with Crippen molar-refractivity contribution in [3.63, 3.8) is 0 Å². The van der Waals surface area contributed by atoms with E-state index >= 15 is 0 Å². The molecule has 1 aromatic carbocycles. The fourth-order valence-corrected chi connectivity index (χ4v) is 2.11. The lowest BCUT2D eigenvalue weighted by molar-refractivity contribution is 0.0993. The molecule has 0 aliphatic rings. The summed E-state index contributed by atoms with van der Waals surface area (Å²) in [5.41, 5.74) is 0.968. The molecule has 0 fully saturated rings. The predicted molar refractivity (Wildman–Crippen MR) is 65.7 cm³/mol. The number of carbonyl (C=O) groups excluding carboxylic acids is 1. The number of Topliss-reactive ketones (excluding diaryl/α,β-unsaturated/α-hetero) is 1. The van der Waals surface area contributed by atoms with Crippen molar-refractivity contribution in [2.45, 2.75) is 16.6 Å². The molecule has 0 saturated carbocycles. The summed E-state index contributed by atoms with van der Waals surface area (Å²) in [6, 6.07) is 7.37. The molecule has 1 unspecified atom stereocenters. The van der Waals surface area contributed by atoms with Crippen LogP contribution >= 0.6 is 27.7 Å². The van der Waals surface area contributed by atoms with Crippen molar-refractivity contribution in [1.82, 2.24) is 0 Å². The van der Waals surface area contributed by atoms with Crippen LogP contribution in [0.15, 0.2) is 23.1 Å². The van der Waals surface area contributed by atoms with Crippen LogP contribution in [-0.4, -0.2) is 16.9 Å². The molecule has 15 heavy (non-hydrogen) atoms. The van der Waals surface area contributed by atoms with Crippen LogP contribution < -0.4 is 0 Å². The first kappa shape index (κ1) is 12.3. The Balaban J connectivity index is 3.36. The van der Waals surface area contributed by atoms with Gasteiger partial charge >= 0.3 is 0 Å². The largest absolute Gasteiger partial charge is 0.293 e. The molecule has 0 amide bonds. The summed E-state index contributed by atoms with van der Waals surface area (Å²) in [5.74, 6) is -0.0449. The van der Waals surface area contributed by atoms with Crippen LogP contribution in [-0.2, 0) is 0 Å². The van der Waals surface area contributed by atoms with Crippen molar-refractivity contribution in [2.24, 2.45) is 0 Å². The molecule has 0 bridgehead atoms. The molecule has 2 nitrogen and oxygen atoms in total. The van der Waals surface area contributed by atoms with Crippen LogP contribution in [0.5, 0.6) is 0 Å². The SMILES string of the molecule is CSc1cccc(C#N)c1C(=O)C(C)Br. The minimum absolute atomic E-state index is 0.0449. The van der Waals surface area contributed by atoms with Crippen LogP contribution in [0.3, 0.4) is 0 Å². The molecular weight excluding hydrogens is 274 g/mol. The molecule has 0 aromatic heterocycles. The predicted octanol–water partition coefficient (Wildman–Crippen LogP) is 3.25. The molecule has 0 aliphatic heterocycles. The minimum Gasteiger partial charge on any atom is -0.293 e. The Bertz CT molecular complexity index is 423. The summed E-state index contributed by atoms with van der Waals surface area (Å²) in [6.07, 6.45) is 1.90. The highest BCUT2D eigenvalue weighted by atomic mass is 79.9. The van der Waals surface area contributed by atoms with E-state index < -0.39 is 0 Å². The van der Waals surface area contributed by atoms with Gasteiger partial charge in [0.15, 0.2) is 5.78 Å². The fourth-order valence-electron chi connectivity index (χ4n) is 1.25. The molecule has 1 aromatic rings. The van der Waals surface area contributed by atoms with E-state index in [1.54, 1.807) is 19.1 Å². The number of thioether (sulfide) groups is 1. The zero-order valence-corrected chi connectivity index (χ0v) is 10.9. The van der Waals surface area contributed by atoms with E-state index in [2.05, 4.69) is 22.0 Å². The number of nitriles is 1. The topological polar surface area (TPSA) is 40.9 Å². The molecule has 0 N–H and O–H groups in total. The summed E-state index contributed by atoms with van der Waals surface area (Å²) < 4.78 is 0. The highest BCUT2D eigenvalue weighted by Crippen LogP contribution is 2.25. The lowest BCUT2D eigenvalue weighted by Crippen LogP contribution is -2.13. The van der Waals surface area contributed by atoms with Crippen molar-refractivity contribution in [3.8, 4) is 6.07 Å². The first-order valence-corrected chi connectivity index (χ1v) is 6.51. The summed E-state index contributed by atoms with van der Waals surface area (Å²) in [7, 11) is 0. The second-order valence-corrected chi connectivity index (χ2v) is 5.20. The van der Waals surface area contributed by atoms with Gasteiger partial charge in [0.05, 0.1) is 22.0 Å². The molecule has 0 aliphatic carbocycles. The Morgan fingerprint density at radius 2 is 2.27 bits per heavy atom. The molecule has 4 heteroatoms. The number of halogens is 1. The number of benzene rings is 1. The van der Waals surface area contributed by atoms with Gasteiger partial charge in [-0.1, -0.05) is 22.0 Å². The summed E-state index contributed by atoms with van der Waals surface area (Å²) in [6.45, 7) is 1.76. The second kappa shape index (κ2) is 5.34. The number of hydrogen-bond acceptors (Lipinski definition) is 3. The van der Waals surface area contributed by atoms with Gasteiger partial charge in [0.25, 0.3) is 0 Å². The average molecular weight is 284 g/mol. The van der Waals surface area contributed by atoms with Gasteiger partial charge in [0.2, 0.25) is 0 Å². The van der Waals surface area contributed by atoms with Gasteiger partial charge in [-0.15, -0.1) is 11.8 Å². The Hall–Kier alpha value is -0.790. The number of ketones is 1. The number of carbonyl (C=O) groups is 1. The van der Waals surface area contributed by atoms with E-state index in [1.165, 1.54) is 11.8 Å². The van der Waals surface area contributed by atoms with Crippen molar-refractivity contribution in [1.29, 1.82) is 5.26 Å². The van der Waals surface area contributed by atoms with Crippen LogP contribution in [0.2, 0.25) is 0 Å². The zero-order chi connectivity index (χ0) is 11.4. The van der Waals surface area contributed by atoms with Crippen LogP contribution in [0, 0.1) is 11.3 Å². The lowest BCUT2D eigenvalue weighted by atomic mass is 10.0. The van der Waals surface area contributed by atoms with Gasteiger partial charge in [-0.3, -0.25) is 4.79 Å². The van der Waals surface area contributed by atoms with E-state index in [0.29, 0.717) is 11.1 Å². The normalized spacial score (nSPS) is 11.9. The molecule has 78 valence electrons. The standard InChI is InChI=1S/C11H10BrNOS/c1-7(12)11(14)10-8(6-13)4-3-5-9(10)15-2/h3-5,7H,1-2H3. The monoisotopic (exact) mass is 283 g/mol. The van der Waals surface area contributed by atoms with Crippen molar-refractivity contribution >= 4 is 33.5 Å². The van der Waals surface area contributed by atoms with E-state index in [0.717, 1.165) is 4.90 Å². The smallest absolute Gasteiger partial charge is 0.178 e. The Morgan fingerprint density at radius 1 is 1.60 bits per heavy atom. The first-order valence-electron chi connectivity index (χ1n) is 4.37. The van der Waals surface area contributed by atoms with Crippen molar-refractivity contribution < 1.29 is 4.79 Å². The number of nitrogens with zero attached hydrogens (tertiary/aromatic N) is 1. The second-order valence-electron chi connectivity index (χ2n) is 2.97. The van der Waals surface area contributed by atoms with Gasteiger partial charge in [-0.05, 0) is 25.3 Å². The number of rotatable bonds is 3. The van der Waals surface area contributed by atoms with Crippen LogP contribution in [0.25, 0.3) is 0 Å². The first-order chi connectivity index (χ1) is 7.11. The molecule has 1 atom stereocenters. The highest BCUT2D eigenvalue weighted by molar-refractivity contribution is 9.10. The van der Waals surface area contributed by atoms with Gasteiger partial charge < -0.3 is 0 Å². The van der Waals surface area contributed by atoms with E-state index in [9.17, 15) is 4.79 Å². The third kappa shape index (κ3) is 2.61. The van der Waals surface area contributed by atoms with E-state index in [1.807, 2.05) is 12.3 Å². The van der Waals surface area contributed by atoms with Crippen molar-refractivity contribution in [2.75, 3.05) is 6.26 Å². The van der Waals surface area contributed by atoms with Gasteiger partial charge in [0.1, 0.15) is 0 Å². The lowest BCUT2D eigenvalue weighted by Gasteiger charge is -2.09. The minimum atomic E-state index is -0.266. The van der Waals surface area contributed by atoms with Crippen LogP contribution in [0.4, 0.5) is 0 Å². The average Bonchev–Trinajstić information content (AvgIpc) is 2.26. The van der Waals surface area contributed by atoms with Gasteiger partial charge in [0, 0.05) is 4.90 Å². The molecule has 0 radical (unpaired) electrons. The third-order valence-electron chi connectivity index (χ3n) is 1.97. The Morgan fingerprint density at radius 3 is 2.73 bits per heavy atom. The molecule has 0 saturated heterocycles. The Labute approximate surface area is 102 Å². The zero-order valence-electron chi connectivity index (χ0n) is 8.45. The van der Waals surface area contributed by atoms with E-state index in [-0.39, 0.29) is 10.6 Å². The number of alkyl halides is 1. The van der Waals surface area contributed by atoms with Gasteiger partial charge in [-0.2, -0.15) is 5.26 Å². The summed E-state index contributed by atoms with van der Waals surface area (Å²) in [5, 5.41) is 8.94.